The highest BCUT2D eigenvalue weighted by Gasteiger charge is 2.40. The van der Waals surface area contributed by atoms with Crippen molar-refractivity contribution in [2.45, 2.75) is 51.0 Å². The molecule has 1 aliphatic carbocycles. The molecular formula is C17H23NO4. The van der Waals surface area contributed by atoms with Crippen LogP contribution < -0.4 is 10.1 Å². The van der Waals surface area contributed by atoms with Crippen molar-refractivity contribution >= 4 is 11.9 Å². The van der Waals surface area contributed by atoms with E-state index in [-0.39, 0.29) is 18.7 Å². The second-order valence-corrected chi connectivity index (χ2v) is 5.93. The molecule has 0 spiro atoms. The Morgan fingerprint density at radius 3 is 2.73 bits per heavy atom. The highest BCUT2D eigenvalue weighted by Crippen LogP contribution is 2.35. The number of aliphatic carboxylic acids is 1. The number of hydrogen-bond acceptors (Lipinski definition) is 3. The predicted molar refractivity (Wildman–Crippen MR) is 82.9 cm³/mol. The molecular weight excluding hydrogens is 282 g/mol. The highest BCUT2D eigenvalue weighted by atomic mass is 16.5. The zero-order chi connectivity index (χ0) is 16.0. The molecule has 1 saturated carbocycles. The predicted octanol–water partition coefficient (Wildman–Crippen LogP) is 2.53. The summed E-state index contributed by atoms with van der Waals surface area (Å²) in [7, 11) is 0. The van der Waals surface area contributed by atoms with Gasteiger partial charge in [-0.3, -0.25) is 9.59 Å². The Labute approximate surface area is 130 Å². The molecule has 0 aliphatic heterocycles. The lowest BCUT2D eigenvalue weighted by Gasteiger charge is -2.41. The summed E-state index contributed by atoms with van der Waals surface area (Å²) in [5.74, 6) is -0.236. The molecule has 0 saturated heterocycles. The lowest BCUT2D eigenvalue weighted by atomic mass is 9.74. The van der Waals surface area contributed by atoms with Gasteiger partial charge < -0.3 is 15.2 Å². The van der Waals surface area contributed by atoms with E-state index in [1.54, 1.807) is 0 Å². The standard InChI is InChI=1S/C17H23NO4/c1-2-9-22-14-6-3-5-13(10-14)11-15(19)18-17(7-4-8-17)12-16(20)21/h3,5-6,10H,2,4,7-9,11-12H2,1H3,(H,18,19)(H,20,21). The van der Waals surface area contributed by atoms with Crippen molar-refractivity contribution in [2.24, 2.45) is 0 Å². The van der Waals surface area contributed by atoms with E-state index >= 15 is 0 Å². The fraction of sp³-hybridized carbons (Fsp3) is 0.529. The summed E-state index contributed by atoms with van der Waals surface area (Å²) >= 11 is 0. The number of amides is 1. The van der Waals surface area contributed by atoms with Gasteiger partial charge in [-0.25, -0.2) is 0 Å². The molecule has 1 aliphatic rings. The van der Waals surface area contributed by atoms with Crippen LogP contribution in [0, 0.1) is 0 Å². The van der Waals surface area contributed by atoms with Gasteiger partial charge in [0.25, 0.3) is 0 Å². The van der Waals surface area contributed by atoms with Crippen molar-refractivity contribution in [3.8, 4) is 5.75 Å². The van der Waals surface area contributed by atoms with Gasteiger partial charge in [0.2, 0.25) is 5.91 Å². The minimum atomic E-state index is -0.866. The van der Waals surface area contributed by atoms with Crippen LogP contribution in [-0.4, -0.2) is 29.1 Å². The molecule has 1 fully saturated rings. The maximum absolute atomic E-state index is 12.2. The molecule has 1 aromatic rings. The van der Waals surface area contributed by atoms with Crippen molar-refractivity contribution in [3.05, 3.63) is 29.8 Å². The summed E-state index contributed by atoms with van der Waals surface area (Å²) < 4.78 is 5.55. The van der Waals surface area contributed by atoms with Crippen molar-refractivity contribution in [1.29, 1.82) is 0 Å². The highest BCUT2D eigenvalue weighted by molar-refractivity contribution is 5.80. The lowest BCUT2D eigenvalue weighted by molar-refractivity contribution is -0.140. The third-order valence-electron chi connectivity index (χ3n) is 3.94. The fourth-order valence-corrected chi connectivity index (χ4v) is 2.73. The maximum atomic E-state index is 12.2. The van der Waals surface area contributed by atoms with Crippen molar-refractivity contribution in [3.63, 3.8) is 0 Å². The van der Waals surface area contributed by atoms with Crippen LogP contribution in [0.3, 0.4) is 0 Å². The average molecular weight is 305 g/mol. The van der Waals surface area contributed by atoms with E-state index in [2.05, 4.69) is 5.32 Å². The molecule has 2 rings (SSSR count). The number of rotatable bonds is 8. The molecule has 120 valence electrons. The van der Waals surface area contributed by atoms with E-state index in [4.69, 9.17) is 9.84 Å². The third-order valence-corrected chi connectivity index (χ3v) is 3.94. The Bertz CT molecular complexity index is 537. The molecule has 22 heavy (non-hydrogen) atoms. The molecule has 2 N–H and O–H groups in total. The summed E-state index contributed by atoms with van der Waals surface area (Å²) in [6, 6.07) is 7.47. The minimum Gasteiger partial charge on any atom is -0.494 e. The Morgan fingerprint density at radius 1 is 1.36 bits per heavy atom. The number of nitrogens with one attached hydrogen (secondary N) is 1. The quantitative estimate of drug-likeness (QED) is 0.774. The van der Waals surface area contributed by atoms with Crippen LogP contribution in [0.5, 0.6) is 5.75 Å². The number of ether oxygens (including phenoxy) is 1. The summed E-state index contributed by atoms with van der Waals surface area (Å²) in [5, 5.41) is 11.9. The second-order valence-electron chi connectivity index (χ2n) is 5.93. The van der Waals surface area contributed by atoms with E-state index in [9.17, 15) is 9.59 Å². The van der Waals surface area contributed by atoms with Crippen LogP contribution in [0.25, 0.3) is 0 Å². The van der Waals surface area contributed by atoms with E-state index in [0.29, 0.717) is 6.61 Å². The van der Waals surface area contributed by atoms with Gasteiger partial charge in [-0.2, -0.15) is 0 Å². The maximum Gasteiger partial charge on any atom is 0.305 e. The Hall–Kier alpha value is -2.04. The molecule has 0 atom stereocenters. The first-order chi connectivity index (χ1) is 10.5. The van der Waals surface area contributed by atoms with Gasteiger partial charge >= 0.3 is 5.97 Å². The monoisotopic (exact) mass is 305 g/mol. The molecule has 0 aromatic heterocycles. The zero-order valence-electron chi connectivity index (χ0n) is 12.9. The molecule has 5 nitrogen and oxygen atoms in total. The van der Waals surface area contributed by atoms with Crippen molar-refractivity contribution < 1.29 is 19.4 Å². The van der Waals surface area contributed by atoms with Gasteiger partial charge in [0.1, 0.15) is 5.75 Å². The smallest absolute Gasteiger partial charge is 0.305 e. The largest absolute Gasteiger partial charge is 0.494 e. The summed E-state index contributed by atoms with van der Waals surface area (Å²) in [4.78, 5) is 23.1. The summed E-state index contributed by atoms with van der Waals surface area (Å²) in [5.41, 5.74) is 0.329. The van der Waals surface area contributed by atoms with Crippen molar-refractivity contribution in [2.75, 3.05) is 6.61 Å². The van der Waals surface area contributed by atoms with E-state index < -0.39 is 11.5 Å². The van der Waals surface area contributed by atoms with Gasteiger partial charge in [-0.15, -0.1) is 0 Å². The molecule has 0 bridgehead atoms. The lowest BCUT2D eigenvalue weighted by Crippen LogP contribution is -2.55. The number of carbonyl (C=O) groups is 2. The SMILES string of the molecule is CCCOc1cccc(CC(=O)NC2(CC(=O)O)CCC2)c1. The zero-order valence-corrected chi connectivity index (χ0v) is 12.9. The van der Waals surface area contributed by atoms with Crippen LogP contribution in [0.2, 0.25) is 0 Å². The average Bonchev–Trinajstić information content (AvgIpc) is 2.42. The van der Waals surface area contributed by atoms with Gasteiger partial charge in [0, 0.05) is 0 Å². The molecule has 1 amide bonds. The first-order valence-corrected chi connectivity index (χ1v) is 7.77. The van der Waals surface area contributed by atoms with Crippen LogP contribution in [0.4, 0.5) is 0 Å². The molecule has 1 aromatic carbocycles. The molecule has 5 heteroatoms. The van der Waals surface area contributed by atoms with Gasteiger partial charge in [-0.1, -0.05) is 19.1 Å². The number of carbonyl (C=O) groups excluding carboxylic acids is 1. The normalized spacial score (nSPS) is 15.7. The van der Waals surface area contributed by atoms with Gasteiger partial charge in [-0.05, 0) is 43.4 Å². The Balaban J connectivity index is 1.92. The second kappa shape index (κ2) is 7.29. The van der Waals surface area contributed by atoms with Crippen LogP contribution in [-0.2, 0) is 16.0 Å². The number of carboxylic acids is 1. The first kappa shape index (κ1) is 16.3. The number of carboxylic acid groups (broad SMARTS) is 1. The topological polar surface area (TPSA) is 75.6 Å². The summed E-state index contributed by atoms with van der Waals surface area (Å²) in [6.07, 6.45) is 3.62. The fourth-order valence-electron chi connectivity index (χ4n) is 2.73. The van der Waals surface area contributed by atoms with Crippen LogP contribution in [0.15, 0.2) is 24.3 Å². The third kappa shape index (κ3) is 4.48. The van der Waals surface area contributed by atoms with Crippen molar-refractivity contribution in [1.82, 2.24) is 5.32 Å². The van der Waals surface area contributed by atoms with Gasteiger partial charge in [0.05, 0.1) is 25.0 Å². The molecule has 0 radical (unpaired) electrons. The summed E-state index contributed by atoms with van der Waals surface area (Å²) in [6.45, 7) is 2.69. The Kier molecular flexibility index (Phi) is 5.41. The van der Waals surface area contributed by atoms with E-state index in [0.717, 1.165) is 37.0 Å². The number of benzene rings is 1. The van der Waals surface area contributed by atoms with E-state index in [1.165, 1.54) is 0 Å². The number of hydrogen-bond donors (Lipinski definition) is 2. The van der Waals surface area contributed by atoms with E-state index in [1.807, 2.05) is 31.2 Å². The first-order valence-electron chi connectivity index (χ1n) is 7.77. The molecule has 0 unspecified atom stereocenters. The Morgan fingerprint density at radius 2 is 2.14 bits per heavy atom. The van der Waals surface area contributed by atoms with Crippen LogP contribution in [0.1, 0.15) is 44.6 Å². The minimum absolute atomic E-state index is 0.00160. The van der Waals surface area contributed by atoms with Crippen LogP contribution >= 0.6 is 0 Å². The van der Waals surface area contributed by atoms with Gasteiger partial charge in [0.15, 0.2) is 0 Å². The molecule has 0 heterocycles.